The first-order chi connectivity index (χ1) is 9.27. The molecule has 0 bridgehead atoms. The number of fused-ring (bicyclic) bond motifs is 1. The average Bonchev–Trinajstić information content (AvgIpc) is 2.46. The number of anilines is 1. The maximum atomic E-state index is 2.20. The van der Waals surface area contributed by atoms with E-state index in [0.29, 0.717) is 0 Å². The highest BCUT2D eigenvalue weighted by Gasteiger charge is 2.07. The molecule has 0 fully saturated rings. The molecule has 0 heterocycles. The fourth-order valence-electron chi connectivity index (χ4n) is 2.55. The van der Waals surface area contributed by atoms with Crippen LogP contribution in [0.4, 0.5) is 5.69 Å². The van der Waals surface area contributed by atoms with Crippen molar-refractivity contribution in [2.24, 2.45) is 0 Å². The predicted octanol–water partition coefficient (Wildman–Crippen LogP) is 4.57. The molecule has 0 aliphatic carbocycles. The van der Waals surface area contributed by atoms with Crippen LogP contribution in [0, 0.1) is 0 Å². The monoisotopic (exact) mass is 247 g/mol. The van der Waals surface area contributed by atoms with E-state index in [1.54, 1.807) is 0 Å². The van der Waals surface area contributed by atoms with E-state index in [2.05, 4.69) is 85.7 Å². The Morgan fingerprint density at radius 2 is 1.32 bits per heavy atom. The number of hydrogen-bond donors (Lipinski definition) is 0. The van der Waals surface area contributed by atoms with Crippen LogP contribution in [0.2, 0.25) is 0 Å². The van der Waals surface area contributed by atoms with Gasteiger partial charge >= 0.3 is 0 Å². The molecule has 0 amide bonds. The van der Waals surface area contributed by atoms with Crippen molar-refractivity contribution in [3.8, 4) is 11.1 Å². The van der Waals surface area contributed by atoms with E-state index in [1.165, 1.54) is 27.6 Å². The molecule has 0 aromatic heterocycles. The summed E-state index contributed by atoms with van der Waals surface area (Å²) < 4.78 is 0. The van der Waals surface area contributed by atoms with Crippen LogP contribution in [0.3, 0.4) is 0 Å². The standard InChI is InChI=1S/C18H17N/c1-19(2)18-13-7-11-16-15(10-6-12-17(16)18)14-8-4-3-5-9-14/h3-13H,1-2H3. The highest BCUT2D eigenvalue weighted by Crippen LogP contribution is 2.33. The Kier molecular flexibility index (Phi) is 2.96. The summed E-state index contributed by atoms with van der Waals surface area (Å²) in [7, 11) is 4.17. The summed E-state index contributed by atoms with van der Waals surface area (Å²) in [4.78, 5) is 2.16. The summed E-state index contributed by atoms with van der Waals surface area (Å²) in [5.41, 5.74) is 3.82. The van der Waals surface area contributed by atoms with Gasteiger partial charge < -0.3 is 4.90 Å². The Balaban J connectivity index is 2.31. The maximum Gasteiger partial charge on any atom is 0.0440 e. The lowest BCUT2D eigenvalue weighted by molar-refractivity contribution is 1.14. The minimum absolute atomic E-state index is 1.26. The molecule has 0 radical (unpaired) electrons. The average molecular weight is 247 g/mol. The molecule has 0 saturated carbocycles. The molecule has 0 N–H and O–H groups in total. The van der Waals surface area contributed by atoms with Crippen molar-refractivity contribution in [3.05, 3.63) is 66.7 Å². The van der Waals surface area contributed by atoms with Gasteiger partial charge in [-0.05, 0) is 22.6 Å². The Hall–Kier alpha value is -2.28. The number of rotatable bonds is 2. The van der Waals surface area contributed by atoms with Gasteiger partial charge in [0, 0.05) is 25.2 Å². The Morgan fingerprint density at radius 3 is 2.05 bits per heavy atom. The normalized spacial score (nSPS) is 10.6. The molecule has 0 atom stereocenters. The Bertz CT molecular complexity index is 699. The highest BCUT2D eigenvalue weighted by atomic mass is 15.1. The zero-order valence-corrected chi connectivity index (χ0v) is 11.3. The van der Waals surface area contributed by atoms with Crippen LogP contribution in [0.1, 0.15) is 0 Å². The third-order valence-corrected chi connectivity index (χ3v) is 3.47. The van der Waals surface area contributed by atoms with Gasteiger partial charge in [0.1, 0.15) is 0 Å². The van der Waals surface area contributed by atoms with E-state index in [-0.39, 0.29) is 0 Å². The molecule has 0 aliphatic heterocycles. The van der Waals surface area contributed by atoms with E-state index < -0.39 is 0 Å². The summed E-state index contributed by atoms with van der Waals surface area (Å²) in [5.74, 6) is 0. The molecule has 3 aromatic rings. The fraction of sp³-hybridized carbons (Fsp3) is 0.111. The molecule has 0 aliphatic rings. The fourth-order valence-corrected chi connectivity index (χ4v) is 2.55. The zero-order valence-electron chi connectivity index (χ0n) is 11.3. The molecule has 1 nitrogen and oxygen atoms in total. The van der Waals surface area contributed by atoms with Crippen LogP contribution in [0.5, 0.6) is 0 Å². The maximum absolute atomic E-state index is 2.20. The third kappa shape index (κ3) is 2.08. The van der Waals surface area contributed by atoms with Crippen LogP contribution in [0.25, 0.3) is 21.9 Å². The zero-order chi connectivity index (χ0) is 13.2. The van der Waals surface area contributed by atoms with Gasteiger partial charge in [0.15, 0.2) is 0 Å². The van der Waals surface area contributed by atoms with E-state index in [9.17, 15) is 0 Å². The first-order valence-corrected chi connectivity index (χ1v) is 6.52. The lowest BCUT2D eigenvalue weighted by Crippen LogP contribution is -2.08. The SMILES string of the molecule is CN(C)c1cccc2c(-c3ccccc3)cccc12. The van der Waals surface area contributed by atoms with Crippen molar-refractivity contribution >= 4 is 16.5 Å². The summed E-state index contributed by atoms with van der Waals surface area (Å²) in [6.07, 6.45) is 0. The summed E-state index contributed by atoms with van der Waals surface area (Å²) >= 11 is 0. The minimum atomic E-state index is 1.26. The quantitative estimate of drug-likeness (QED) is 0.641. The number of nitrogens with zero attached hydrogens (tertiary/aromatic N) is 1. The highest BCUT2D eigenvalue weighted by molar-refractivity contribution is 6.03. The second kappa shape index (κ2) is 4.77. The first-order valence-electron chi connectivity index (χ1n) is 6.52. The van der Waals surface area contributed by atoms with E-state index in [1.807, 2.05) is 0 Å². The Morgan fingerprint density at radius 1 is 0.632 bits per heavy atom. The summed E-state index contributed by atoms with van der Waals surface area (Å²) in [5, 5.41) is 2.61. The molecular weight excluding hydrogens is 230 g/mol. The molecule has 3 rings (SSSR count). The van der Waals surface area contributed by atoms with Gasteiger partial charge in [0.2, 0.25) is 0 Å². The second-order valence-electron chi connectivity index (χ2n) is 4.94. The molecule has 0 unspecified atom stereocenters. The smallest absolute Gasteiger partial charge is 0.0440 e. The Labute approximate surface area is 114 Å². The summed E-state index contributed by atoms with van der Waals surface area (Å²) in [6.45, 7) is 0. The molecule has 0 saturated heterocycles. The lowest BCUT2D eigenvalue weighted by atomic mass is 9.97. The molecular formula is C18H17N. The van der Waals surface area contributed by atoms with Crippen LogP contribution < -0.4 is 4.90 Å². The van der Waals surface area contributed by atoms with Gasteiger partial charge in [-0.3, -0.25) is 0 Å². The van der Waals surface area contributed by atoms with Crippen LogP contribution in [-0.2, 0) is 0 Å². The van der Waals surface area contributed by atoms with Crippen LogP contribution in [0.15, 0.2) is 66.7 Å². The molecule has 94 valence electrons. The van der Waals surface area contributed by atoms with Crippen molar-refractivity contribution in [1.82, 2.24) is 0 Å². The van der Waals surface area contributed by atoms with Gasteiger partial charge in [-0.1, -0.05) is 60.7 Å². The van der Waals surface area contributed by atoms with Gasteiger partial charge in [-0.25, -0.2) is 0 Å². The van der Waals surface area contributed by atoms with Crippen molar-refractivity contribution in [3.63, 3.8) is 0 Å². The molecule has 1 heteroatoms. The van der Waals surface area contributed by atoms with Gasteiger partial charge in [0.25, 0.3) is 0 Å². The number of benzene rings is 3. The van der Waals surface area contributed by atoms with Gasteiger partial charge in [-0.2, -0.15) is 0 Å². The minimum Gasteiger partial charge on any atom is -0.377 e. The second-order valence-corrected chi connectivity index (χ2v) is 4.94. The largest absolute Gasteiger partial charge is 0.377 e. The third-order valence-electron chi connectivity index (χ3n) is 3.47. The molecule has 0 spiro atoms. The predicted molar refractivity (Wildman–Crippen MR) is 83.7 cm³/mol. The van der Waals surface area contributed by atoms with Crippen molar-refractivity contribution in [1.29, 1.82) is 0 Å². The van der Waals surface area contributed by atoms with Gasteiger partial charge in [0.05, 0.1) is 0 Å². The summed E-state index contributed by atoms with van der Waals surface area (Å²) in [6, 6.07) is 23.6. The van der Waals surface area contributed by atoms with Gasteiger partial charge in [-0.15, -0.1) is 0 Å². The van der Waals surface area contributed by atoms with Crippen molar-refractivity contribution in [2.45, 2.75) is 0 Å². The van der Waals surface area contributed by atoms with E-state index in [4.69, 9.17) is 0 Å². The van der Waals surface area contributed by atoms with Crippen molar-refractivity contribution < 1.29 is 0 Å². The van der Waals surface area contributed by atoms with E-state index >= 15 is 0 Å². The number of hydrogen-bond acceptors (Lipinski definition) is 1. The van der Waals surface area contributed by atoms with Crippen LogP contribution >= 0.6 is 0 Å². The lowest BCUT2D eigenvalue weighted by Gasteiger charge is -2.17. The van der Waals surface area contributed by atoms with E-state index in [0.717, 1.165) is 0 Å². The topological polar surface area (TPSA) is 3.24 Å². The first kappa shape index (κ1) is 11.8. The molecule has 19 heavy (non-hydrogen) atoms. The van der Waals surface area contributed by atoms with Crippen LogP contribution in [-0.4, -0.2) is 14.1 Å². The molecule has 3 aromatic carbocycles. The van der Waals surface area contributed by atoms with Crippen molar-refractivity contribution in [2.75, 3.05) is 19.0 Å².